The summed E-state index contributed by atoms with van der Waals surface area (Å²) in [5, 5.41) is 2.49. The number of carbonyl (C=O) groups is 2. The first-order valence-corrected chi connectivity index (χ1v) is 18.0. The summed E-state index contributed by atoms with van der Waals surface area (Å²) in [6.45, 7) is 5.57. The quantitative estimate of drug-likeness (QED) is 0.130. The topological polar surface area (TPSA) is 124 Å². The molecule has 6 rings (SSSR count). The van der Waals surface area contributed by atoms with Crippen molar-refractivity contribution in [2.75, 3.05) is 34.0 Å². The predicted molar refractivity (Wildman–Crippen MR) is 202 cm³/mol. The van der Waals surface area contributed by atoms with Crippen LogP contribution in [0.3, 0.4) is 0 Å². The smallest absolute Gasteiger partial charge is 0.343 e. The molecule has 0 saturated carbocycles. The zero-order valence-electron chi connectivity index (χ0n) is 29.8. The lowest BCUT2D eigenvalue weighted by atomic mass is 9.95. The van der Waals surface area contributed by atoms with Gasteiger partial charge in [-0.25, -0.2) is 14.6 Å². The molecule has 53 heavy (non-hydrogen) atoms. The van der Waals surface area contributed by atoms with E-state index in [2.05, 4.69) is 4.99 Å². The number of aromatic nitrogens is 1. The molecule has 1 aliphatic rings. The molecule has 13 heteroatoms. The Hall–Kier alpha value is -5.59. The Labute approximate surface area is 314 Å². The highest BCUT2D eigenvalue weighted by Gasteiger charge is 2.34. The number of methoxy groups -OCH3 is 2. The van der Waals surface area contributed by atoms with Crippen molar-refractivity contribution in [2.45, 2.75) is 33.4 Å². The zero-order valence-corrected chi connectivity index (χ0v) is 31.3. The molecular weight excluding hydrogens is 720 g/mol. The average molecular weight is 757 g/mol. The minimum atomic E-state index is -0.913. The van der Waals surface area contributed by atoms with Gasteiger partial charge in [-0.05, 0) is 78.6 Å². The summed E-state index contributed by atoms with van der Waals surface area (Å²) < 4.78 is 35.3. The van der Waals surface area contributed by atoms with Gasteiger partial charge in [-0.1, -0.05) is 71.5 Å². The minimum absolute atomic E-state index is 0.126. The number of allylic oxidation sites excluding steroid dienone is 1. The van der Waals surface area contributed by atoms with E-state index in [1.165, 1.54) is 30.1 Å². The first-order valence-electron chi connectivity index (χ1n) is 16.8. The molecule has 5 aromatic rings. The van der Waals surface area contributed by atoms with Crippen molar-refractivity contribution in [1.29, 1.82) is 0 Å². The molecule has 1 atom stereocenters. The van der Waals surface area contributed by atoms with Gasteiger partial charge in [0.05, 0.1) is 54.3 Å². The number of hydrogen-bond acceptors (Lipinski definition) is 11. The number of thiazole rings is 1. The number of carbonyl (C=O) groups excluding carboxylic acids is 2. The largest absolute Gasteiger partial charge is 0.493 e. The molecule has 0 radical (unpaired) electrons. The summed E-state index contributed by atoms with van der Waals surface area (Å²) >= 11 is 7.95. The fourth-order valence-electron chi connectivity index (χ4n) is 6.07. The average Bonchev–Trinajstić information content (AvgIpc) is 3.46. The molecule has 0 bridgehead atoms. The van der Waals surface area contributed by atoms with Gasteiger partial charge in [0.25, 0.3) is 5.56 Å². The Bertz CT molecular complexity index is 2410. The molecule has 0 spiro atoms. The van der Waals surface area contributed by atoms with Crippen molar-refractivity contribution in [3.05, 3.63) is 125 Å². The lowest BCUT2D eigenvalue weighted by molar-refractivity contribution is -0.143. The van der Waals surface area contributed by atoms with Crippen molar-refractivity contribution in [2.24, 2.45) is 4.99 Å². The second-order valence-electron chi connectivity index (χ2n) is 11.8. The fourth-order valence-corrected chi connectivity index (χ4v) is 7.39. The molecule has 4 aromatic carbocycles. The summed E-state index contributed by atoms with van der Waals surface area (Å²) in [4.78, 5) is 44.6. The molecule has 2 heterocycles. The summed E-state index contributed by atoms with van der Waals surface area (Å²) in [7, 11) is 2.79. The number of nitrogens with zero attached hydrogens (tertiary/aromatic N) is 2. The number of halogens is 1. The van der Waals surface area contributed by atoms with Gasteiger partial charge < -0.3 is 28.4 Å². The maximum absolute atomic E-state index is 14.3. The van der Waals surface area contributed by atoms with Crippen molar-refractivity contribution in [3.8, 4) is 23.0 Å². The number of hydrogen-bond donors (Lipinski definition) is 0. The van der Waals surface area contributed by atoms with Crippen LogP contribution in [0.5, 0.6) is 23.0 Å². The molecular formula is C40H37ClN2O9S. The van der Waals surface area contributed by atoms with Crippen LogP contribution < -0.4 is 33.8 Å². The molecule has 11 nitrogen and oxygen atoms in total. The number of benzene rings is 4. The number of rotatable bonds is 13. The molecule has 1 aromatic heterocycles. The molecule has 1 aliphatic heterocycles. The van der Waals surface area contributed by atoms with Crippen LogP contribution in [-0.2, 0) is 25.7 Å². The van der Waals surface area contributed by atoms with Crippen LogP contribution in [0.4, 0.5) is 0 Å². The van der Waals surface area contributed by atoms with Crippen LogP contribution in [0.2, 0.25) is 5.02 Å². The third kappa shape index (κ3) is 7.79. The van der Waals surface area contributed by atoms with Crippen molar-refractivity contribution >= 4 is 51.7 Å². The monoisotopic (exact) mass is 756 g/mol. The van der Waals surface area contributed by atoms with Crippen LogP contribution in [0, 0.1) is 0 Å². The van der Waals surface area contributed by atoms with Crippen molar-refractivity contribution in [3.63, 3.8) is 0 Å². The molecule has 0 amide bonds. The van der Waals surface area contributed by atoms with Crippen LogP contribution in [0.1, 0.15) is 43.5 Å². The first kappa shape index (κ1) is 37.2. The summed E-state index contributed by atoms with van der Waals surface area (Å²) in [6, 6.07) is 21.6. The van der Waals surface area contributed by atoms with Gasteiger partial charge >= 0.3 is 11.9 Å². The minimum Gasteiger partial charge on any atom is -0.493 e. The van der Waals surface area contributed by atoms with Crippen LogP contribution in [0.15, 0.2) is 93.9 Å². The van der Waals surface area contributed by atoms with Gasteiger partial charge in [0, 0.05) is 0 Å². The molecule has 274 valence electrons. The Kier molecular flexibility index (Phi) is 11.5. The fraction of sp³-hybridized carbons (Fsp3) is 0.250. The van der Waals surface area contributed by atoms with E-state index < -0.39 is 18.0 Å². The van der Waals surface area contributed by atoms with Crippen LogP contribution in [0.25, 0.3) is 16.8 Å². The van der Waals surface area contributed by atoms with Gasteiger partial charge in [-0.3, -0.25) is 9.36 Å². The Balaban J connectivity index is 1.40. The van der Waals surface area contributed by atoms with Gasteiger partial charge in [-0.2, -0.15) is 0 Å². The number of fused-ring (bicyclic) bond motifs is 2. The van der Waals surface area contributed by atoms with E-state index in [9.17, 15) is 14.4 Å². The second kappa shape index (κ2) is 16.4. The van der Waals surface area contributed by atoms with E-state index in [1.807, 2.05) is 42.5 Å². The Morgan fingerprint density at radius 3 is 2.47 bits per heavy atom. The normalized spacial score (nSPS) is 14.0. The second-order valence-corrected chi connectivity index (χ2v) is 13.2. The highest BCUT2D eigenvalue weighted by atomic mass is 35.5. The van der Waals surface area contributed by atoms with Crippen LogP contribution in [-0.4, -0.2) is 50.5 Å². The highest BCUT2D eigenvalue weighted by Crippen LogP contribution is 2.39. The SMILES string of the molecule is CCOC(=O)C1=C(C)N=c2s/c(=C\c3cc(Cl)c(OCc4cccc5ccccc45)c(OC)c3)c(=O)n2[C@H]1c1ccc(OCC(=O)OC)c(OCC)c1. The maximum atomic E-state index is 14.3. The summed E-state index contributed by atoms with van der Waals surface area (Å²) in [6.07, 6.45) is 1.70. The van der Waals surface area contributed by atoms with E-state index in [4.69, 9.17) is 40.0 Å². The number of esters is 2. The van der Waals surface area contributed by atoms with E-state index in [1.54, 1.807) is 57.2 Å². The molecule has 0 saturated heterocycles. The standard InChI is InChI=1S/C40H37ClN2O9S/c1-6-49-31-20-26(15-16-30(31)51-22-34(44)48-5)36-35(39(46)50-7-2)23(3)42-40-43(36)38(45)33(53-40)19-24-17-29(41)37(32(18-24)47-4)52-21-27-13-10-12-25-11-8-9-14-28(25)27/h8-20,36H,6-7,21-22H2,1-5H3/b33-19-/t36-/m0/s1. The highest BCUT2D eigenvalue weighted by molar-refractivity contribution is 7.07. The number of ether oxygens (including phenoxy) is 6. The predicted octanol–water partition coefficient (Wildman–Crippen LogP) is 6.14. The lowest BCUT2D eigenvalue weighted by Crippen LogP contribution is -2.40. The zero-order chi connectivity index (χ0) is 37.6. The van der Waals surface area contributed by atoms with Gasteiger partial charge in [-0.15, -0.1) is 0 Å². The van der Waals surface area contributed by atoms with Crippen molar-refractivity contribution in [1.82, 2.24) is 4.57 Å². The van der Waals surface area contributed by atoms with E-state index in [-0.39, 0.29) is 31.0 Å². The van der Waals surface area contributed by atoms with E-state index in [0.717, 1.165) is 16.3 Å². The van der Waals surface area contributed by atoms with Crippen LogP contribution >= 0.6 is 22.9 Å². The van der Waals surface area contributed by atoms with E-state index >= 15 is 0 Å². The van der Waals surface area contributed by atoms with Gasteiger partial charge in [0.2, 0.25) is 0 Å². The van der Waals surface area contributed by atoms with Crippen molar-refractivity contribution < 1.29 is 38.0 Å². The van der Waals surface area contributed by atoms with Gasteiger partial charge in [0.15, 0.2) is 34.4 Å². The molecule has 0 aliphatic carbocycles. The maximum Gasteiger partial charge on any atom is 0.343 e. The summed E-state index contributed by atoms with van der Waals surface area (Å²) in [5.41, 5.74) is 2.36. The van der Waals surface area contributed by atoms with E-state index in [0.29, 0.717) is 60.8 Å². The Morgan fingerprint density at radius 1 is 0.925 bits per heavy atom. The van der Waals surface area contributed by atoms with Gasteiger partial charge in [0.1, 0.15) is 6.61 Å². The molecule has 0 N–H and O–H groups in total. The summed E-state index contributed by atoms with van der Waals surface area (Å²) in [5.74, 6) is 0.217. The first-order chi connectivity index (χ1) is 25.7. The molecule has 0 unspecified atom stereocenters. The molecule has 0 fully saturated rings. The lowest BCUT2D eigenvalue weighted by Gasteiger charge is -2.25. The third-order valence-corrected chi connectivity index (χ3v) is 9.74. The Morgan fingerprint density at radius 2 is 1.72 bits per heavy atom. The third-order valence-electron chi connectivity index (χ3n) is 8.48.